The lowest BCUT2D eigenvalue weighted by Gasteiger charge is -2.15. The summed E-state index contributed by atoms with van der Waals surface area (Å²) in [6.07, 6.45) is 0. The minimum absolute atomic E-state index is 0.285. The number of benzene rings is 2. The predicted molar refractivity (Wildman–Crippen MR) is 82.9 cm³/mol. The van der Waals surface area contributed by atoms with Crippen molar-refractivity contribution in [1.29, 1.82) is 0 Å². The van der Waals surface area contributed by atoms with Crippen LogP contribution in [0.4, 0.5) is 0 Å². The van der Waals surface area contributed by atoms with Crippen LogP contribution in [0, 0.1) is 0 Å². The average molecular weight is 355 g/mol. The van der Waals surface area contributed by atoms with Crippen LogP contribution in [-0.4, -0.2) is 15.0 Å². The first-order valence-electron chi connectivity index (χ1n) is 6.22. The molecule has 1 atom stereocenters. The Kier molecular flexibility index (Phi) is 4.83. The quantitative estimate of drug-likeness (QED) is 0.763. The highest BCUT2D eigenvalue weighted by atomic mass is 79.9. The van der Waals surface area contributed by atoms with Gasteiger partial charge < -0.3 is 4.74 Å². The molecule has 0 aliphatic heterocycles. The third-order valence-electron chi connectivity index (χ3n) is 2.81. The van der Waals surface area contributed by atoms with Gasteiger partial charge in [-0.25, -0.2) is 8.42 Å². The number of alkyl halides is 1. The minimum Gasteiger partial charge on any atom is -0.494 e. The van der Waals surface area contributed by atoms with Gasteiger partial charge in [0.1, 0.15) is 9.91 Å². The molecule has 0 saturated heterocycles. The topological polar surface area (TPSA) is 43.4 Å². The zero-order valence-corrected chi connectivity index (χ0v) is 13.4. The van der Waals surface area contributed by atoms with Crippen molar-refractivity contribution in [2.24, 2.45) is 0 Å². The van der Waals surface area contributed by atoms with Gasteiger partial charge in [0, 0.05) is 5.56 Å². The molecule has 0 amide bonds. The molecule has 0 heterocycles. The Bertz CT molecular complexity index is 669. The Balaban J connectivity index is 2.44. The van der Waals surface area contributed by atoms with Crippen LogP contribution in [0.2, 0.25) is 0 Å². The minimum atomic E-state index is -3.50. The molecular weight excluding hydrogens is 340 g/mol. The lowest BCUT2D eigenvalue weighted by atomic mass is 10.2. The van der Waals surface area contributed by atoms with E-state index in [0.717, 1.165) is 0 Å². The van der Waals surface area contributed by atoms with Gasteiger partial charge in [0.15, 0.2) is 9.84 Å². The molecule has 2 aromatic carbocycles. The van der Waals surface area contributed by atoms with E-state index < -0.39 is 14.0 Å². The normalized spacial score (nSPS) is 12.9. The molecule has 0 aliphatic rings. The van der Waals surface area contributed by atoms with Gasteiger partial charge in [-0.05, 0) is 25.1 Å². The molecule has 106 valence electrons. The molecule has 0 N–H and O–H groups in total. The van der Waals surface area contributed by atoms with Crippen molar-refractivity contribution in [3.05, 3.63) is 60.2 Å². The fourth-order valence-corrected chi connectivity index (χ4v) is 4.18. The highest BCUT2D eigenvalue weighted by molar-refractivity contribution is 9.10. The van der Waals surface area contributed by atoms with Crippen LogP contribution in [0.25, 0.3) is 0 Å². The standard InChI is InChI=1S/C15H15BrO3S/c1-2-19-14-11-7-6-10-13(14)15(16)20(17,18)12-8-4-3-5-9-12/h3-11,15H,2H2,1H3. The van der Waals surface area contributed by atoms with E-state index in [2.05, 4.69) is 15.9 Å². The second-order valence-corrected chi connectivity index (χ2v) is 7.70. The molecule has 2 aromatic rings. The summed E-state index contributed by atoms with van der Waals surface area (Å²) in [4.78, 5) is 0.285. The summed E-state index contributed by atoms with van der Waals surface area (Å²) >= 11 is 3.30. The number of hydrogen-bond acceptors (Lipinski definition) is 3. The Morgan fingerprint density at radius 3 is 2.30 bits per heavy atom. The zero-order valence-electron chi connectivity index (χ0n) is 11.0. The zero-order chi connectivity index (χ0) is 14.6. The monoisotopic (exact) mass is 354 g/mol. The van der Waals surface area contributed by atoms with Crippen molar-refractivity contribution in [2.45, 2.75) is 16.0 Å². The second-order valence-electron chi connectivity index (χ2n) is 4.14. The Labute approximate surface area is 127 Å². The number of ether oxygens (including phenoxy) is 1. The molecule has 0 aromatic heterocycles. The highest BCUT2D eigenvalue weighted by Crippen LogP contribution is 2.38. The first-order valence-corrected chi connectivity index (χ1v) is 8.68. The summed E-state index contributed by atoms with van der Waals surface area (Å²) < 4.78 is 29.8. The van der Waals surface area contributed by atoms with Crippen LogP contribution < -0.4 is 4.74 Å². The van der Waals surface area contributed by atoms with Crippen LogP contribution in [0.15, 0.2) is 59.5 Å². The molecule has 0 saturated carbocycles. The van der Waals surface area contributed by atoms with E-state index in [1.165, 1.54) is 0 Å². The van der Waals surface area contributed by atoms with Crippen LogP contribution in [0.1, 0.15) is 16.6 Å². The van der Waals surface area contributed by atoms with Gasteiger partial charge in [-0.1, -0.05) is 52.3 Å². The molecular formula is C15H15BrO3S. The summed E-state index contributed by atoms with van der Waals surface area (Å²) in [7, 11) is -3.50. The maximum Gasteiger partial charge on any atom is 0.195 e. The van der Waals surface area contributed by atoms with Gasteiger partial charge in [0.2, 0.25) is 0 Å². The van der Waals surface area contributed by atoms with Gasteiger partial charge in [0.05, 0.1) is 11.5 Å². The van der Waals surface area contributed by atoms with Gasteiger partial charge in [-0.2, -0.15) is 0 Å². The Morgan fingerprint density at radius 2 is 1.65 bits per heavy atom. The van der Waals surface area contributed by atoms with E-state index >= 15 is 0 Å². The lowest BCUT2D eigenvalue weighted by molar-refractivity contribution is 0.337. The third kappa shape index (κ3) is 3.04. The van der Waals surface area contributed by atoms with Crippen LogP contribution in [-0.2, 0) is 9.84 Å². The first-order chi connectivity index (χ1) is 9.57. The van der Waals surface area contributed by atoms with E-state index in [9.17, 15) is 8.42 Å². The number of halogens is 1. The summed E-state index contributed by atoms with van der Waals surface area (Å²) in [5.41, 5.74) is 0.609. The van der Waals surface area contributed by atoms with Crippen LogP contribution in [0.5, 0.6) is 5.75 Å². The van der Waals surface area contributed by atoms with E-state index in [4.69, 9.17) is 4.74 Å². The largest absolute Gasteiger partial charge is 0.494 e. The summed E-state index contributed by atoms with van der Waals surface area (Å²) in [6.45, 7) is 2.35. The van der Waals surface area contributed by atoms with Crippen molar-refractivity contribution in [3.63, 3.8) is 0 Å². The van der Waals surface area contributed by atoms with E-state index in [-0.39, 0.29) is 4.90 Å². The smallest absolute Gasteiger partial charge is 0.195 e. The molecule has 20 heavy (non-hydrogen) atoms. The Hall–Kier alpha value is -1.33. The third-order valence-corrected chi connectivity index (χ3v) is 6.51. The molecule has 5 heteroatoms. The average Bonchev–Trinajstić information content (AvgIpc) is 2.48. The maximum atomic E-state index is 12.6. The number of sulfone groups is 1. The van der Waals surface area contributed by atoms with Crippen LogP contribution in [0.3, 0.4) is 0 Å². The molecule has 0 bridgehead atoms. The van der Waals surface area contributed by atoms with Gasteiger partial charge >= 0.3 is 0 Å². The summed E-state index contributed by atoms with van der Waals surface area (Å²) in [6, 6.07) is 15.5. The van der Waals surface area contributed by atoms with Crippen molar-refractivity contribution in [3.8, 4) is 5.75 Å². The van der Waals surface area contributed by atoms with Gasteiger partial charge in [-0.3, -0.25) is 0 Å². The van der Waals surface area contributed by atoms with Gasteiger partial charge in [0.25, 0.3) is 0 Å². The van der Waals surface area contributed by atoms with Gasteiger partial charge in [-0.15, -0.1) is 0 Å². The predicted octanol–water partition coefficient (Wildman–Crippen LogP) is 3.95. The molecule has 0 radical (unpaired) electrons. The van der Waals surface area contributed by atoms with E-state index in [0.29, 0.717) is 17.9 Å². The molecule has 2 rings (SSSR count). The SMILES string of the molecule is CCOc1ccccc1C(Br)S(=O)(=O)c1ccccc1. The maximum absolute atomic E-state index is 12.6. The number of para-hydroxylation sites is 1. The Morgan fingerprint density at radius 1 is 1.05 bits per heavy atom. The first kappa shape index (κ1) is 15.1. The molecule has 0 spiro atoms. The molecule has 0 fully saturated rings. The van der Waals surface area contributed by atoms with Crippen molar-refractivity contribution in [2.75, 3.05) is 6.61 Å². The highest BCUT2D eigenvalue weighted by Gasteiger charge is 2.28. The fourth-order valence-electron chi connectivity index (χ4n) is 1.85. The van der Waals surface area contributed by atoms with Crippen molar-refractivity contribution < 1.29 is 13.2 Å². The van der Waals surface area contributed by atoms with Crippen molar-refractivity contribution >= 4 is 25.8 Å². The number of hydrogen-bond donors (Lipinski definition) is 0. The van der Waals surface area contributed by atoms with E-state index in [1.54, 1.807) is 48.5 Å². The van der Waals surface area contributed by atoms with E-state index in [1.807, 2.05) is 13.0 Å². The second kappa shape index (κ2) is 6.41. The van der Waals surface area contributed by atoms with Crippen LogP contribution >= 0.6 is 15.9 Å². The molecule has 3 nitrogen and oxygen atoms in total. The molecule has 1 unspecified atom stereocenters. The van der Waals surface area contributed by atoms with Crippen molar-refractivity contribution in [1.82, 2.24) is 0 Å². The number of rotatable bonds is 5. The summed E-state index contributed by atoms with van der Waals surface area (Å²) in [5, 5.41) is 0. The fraction of sp³-hybridized carbons (Fsp3) is 0.200. The summed E-state index contributed by atoms with van der Waals surface area (Å²) in [5.74, 6) is 0.580. The molecule has 0 aliphatic carbocycles. The lowest BCUT2D eigenvalue weighted by Crippen LogP contribution is -2.10.